The van der Waals surface area contributed by atoms with E-state index in [0.717, 1.165) is 10.0 Å². The standard InChI is InChI=1S/C17H15BrClNO3/c1-22-13-6-3-11(16(10-13)23-2)4-8-17(21)20-15-7-5-12(18)9-14(15)19/h3-10H,1-2H3,(H,20,21)/b8-4+. The molecule has 0 saturated heterocycles. The lowest BCUT2D eigenvalue weighted by molar-refractivity contribution is -0.111. The van der Waals surface area contributed by atoms with Crippen LogP contribution in [-0.2, 0) is 4.79 Å². The van der Waals surface area contributed by atoms with Gasteiger partial charge in [-0.25, -0.2) is 0 Å². The van der Waals surface area contributed by atoms with Crippen molar-refractivity contribution in [3.63, 3.8) is 0 Å². The van der Waals surface area contributed by atoms with Crippen molar-refractivity contribution in [2.75, 3.05) is 19.5 Å². The van der Waals surface area contributed by atoms with Gasteiger partial charge in [-0.05, 0) is 36.4 Å². The Hall–Kier alpha value is -1.98. The Morgan fingerprint density at radius 2 is 1.96 bits per heavy atom. The smallest absolute Gasteiger partial charge is 0.248 e. The van der Waals surface area contributed by atoms with E-state index >= 15 is 0 Å². The van der Waals surface area contributed by atoms with Crippen molar-refractivity contribution in [1.29, 1.82) is 0 Å². The minimum absolute atomic E-state index is 0.285. The molecule has 4 nitrogen and oxygen atoms in total. The molecule has 0 fully saturated rings. The van der Waals surface area contributed by atoms with Gasteiger partial charge in [0, 0.05) is 22.2 Å². The third kappa shape index (κ3) is 4.74. The normalized spacial score (nSPS) is 10.6. The number of hydrogen-bond donors (Lipinski definition) is 1. The SMILES string of the molecule is COc1ccc(/C=C/C(=O)Nc2ccc(Br)cc2Cl)c(OC)c1. The lowest BCUT2D eigenvalue weighted by Gasteiger charge is -2.07. The molecule has 6 heteroatoms. The maximum absolute atomic E-state index is 12.0. The number of anilines is 1. The van der Waals surface area contributed by atoms with Gasteiger partial charge in [0.25, 0.3) is 0 Å². The highest BCUT2D eigenvalue weighted by molar-refractivity contribution is 9.10. The monoisotopic (exact) mass is 395 g/mol. The van der Waals surface area contributed by atoms with E-state index in [2.05, 4.69) is 21.2 Å². The number of rotatable bonds is 5. The Balaban J connectivity index is 2.12. The summed E-state index contributed by atoms with van der Waals surface area (Å²) in [4.78, 5) is 12.0. The van der Waals surface area contributed by atoms with Crippen molar-refractivity contribution in [2.24, 2.45) is 0 Å². The van der Waals surface area contributed by atoms with Gasteiger partial charge in [-0.1, -0.05) is 27.5 Å². The quantitative estimate of drug-likeness (QED) is 0.741. The van der Waals surface area contributed by atoms with E-state index < -0.39 is 0 Å². The minimum Gasteiger partial charge on any atom is -0.497 e. The number of nitrogens with one attached hydrogen (secondary N) is 1. The van der Waals surface area contributed by atoms with Crippen LogP contribution in [0.3, 0.4) is 0 Å². The maximum atomic E-state index is 12.0. The first-order chi connectivity index (χ1) is 11.0. The fourth-order valence-corrected chi connectivity index (χ4v) is 2.61. The van der Waals surface area contributed by atoms with Gasteiger partial charge in [-0.15, -0.1) is 0 Å². The summed E-state index contributed by atoms with van der Waals surface area (Å²) < 4.78 is 11.3. The zero-order valence-corrected chi connectivity index (χ0v) is 14.9. The average Bonchev–Trinajstić information content (AvgIpc) is 2.55. The van der Waals surface area contributed by atoms with E-state index in [0.29, 0.717) is 22.2 Å². The summed E-state index contributed by atoms with van der Waals surface area (Å²) in [5, 5.41) is 3.18. The summed E-state index contributed by atoms with van der Waals surface area (Å²) in [6, 6.07) is 10.6. The Labute approximate surface area is 148 Å². The van der Waals surface area contributed by atoms with E-state index in [-0.39, 0.29) is 5.91 Å². The first-order valence-electron chi connectivity index (χ1n) is 6.69. The van der Waals surface area contributed by atoms with Crippen molar-refractivity contribution in [1.82, 2.24) is 0 Å². The number of halogens is 2. The molecule has 1 amide bonds. The van der Waals surface area contributed by atoms with E-state index in [1.165, 1.54) is 6.08 Å². The molecule has 2 aromatic rings. The van der Waals surface area contributed by atoms with Gasteiger partial charge in [0.15, 0.2) is 0 Å². The van der Waals surface area contributed by atoms with Crippen LogP contribution in [-0.4, -0.2) is 20.1 Å². The summed E-state index contributed by atoms with van der Waals surface area (Å²) in [6.07, 6.45) is 3.09. The summed E-state index contributed by atoms with van der Waals surface area (Å²) in [5.74, 6) is 1.02. The molecular formula is C17H15BrClNO3. The lowest BCUT2D eigenvalue weighted by atomic mass is 10.1. The molecule has 1 N–H and O–H groups in total. The van der Waals surface area contributed by atoms with Crippen molar-refractivity contribution < 1.29 is 14.3 Å². The second-order valence-electron chi connectivity index (χ2n) is 4.55. The van der Waals surface area contributed by atoms with Crippen LogP contribution >= 0.6 is 27.5 Å². The molecule has 0 bridgehead atoms. The zero-order chi connectivity index (χ0) is 16.8. The van der Waals surface area contributed by atoms with Crippen molar-refractivity contribution in [2.45, 2.75) is 0 Å². The van der Waals surface area contributed by atoms with Crippen LogP contribution in [0.1, 0.15) is 5.56 Å². The fourth-order valence-electron chi connectivity index (χ4n) is 1.89. The van der Waals surface area contributed by atoms with Crippen LogP contribution in [0.4, 0.5) is 5.69 Å². The maximum Gasteiger partial charge on any atom is 0.248 e. The topological polar surface area (TPSA) is 47.6 Å². The predicted octanol–water partition coefficient (Wildman–Crippen LogP) is 4.77. The summed E-state index contributed by atoms with van der Waals surface area (Å²) in [6.45, 7) is 0. The molecule has 0 aliphatic rings. The Kier molecular flexibility index (Phi) is 6.07. The first-order valence-corrected chi connectivity index (χ1v) is 7.86. The van der Waals surface area contributed by atoms with E-state index in [1.807, 2.05) is 6.07 Å². The lowest BCUT2D eigenvalue weighted by Crippen LogP contribution is -2.08. The van der Waals surface area contributed by atoms with Crippen molar-refractivity contribution >= 4 is 45.2 Å². The highest BCUT2D eigenvalue weighted by Crippen LogP contribution is 2.27. The Bertz CT molecular complexity index is 747. The van der Waals surface area contributed by atoms with E-state index in [4.69, 9.17) is 21.1 Å². The van der Waals surface area contributed by atoms with E-state index in [1.54, 1.807) is 50.6 Å². The number of benzene rings is 2. The molecule has 0 aliphatic heterocycles. The van der Waals surface area contributed by atoms with Crippen molar-refractivity contribution in [3.8, 4) is 11.5 Å². The molecule has 0 radical (unpaired) electrons. The van der Waals surface area contributed by atoms with Gasteiger partial charge in [-0.2, -0.15) is 0 Å². The predicted molar refractivity (Wildman–Crippen MR) is 96.4 cm³/mol. The first kappa shape index (κ1) is 17.4. The third-order valence-electron chi connectivity index (χ3n) is 3.04. The molecule has 120 valence electrons. The van der Waals surface area contributed by atoms with Crippen molar-refractivity contribution in [3.05, 3.63) is 57.5 Å². The van der Waals surface area contributed by atoms with Gasteiger partial charge >= 0.3 is 0 Å². The van der Waals surface area contributed by atoms with Gasteiger partial charge in [0.05, 0.1) is 24.9 Å². The van der Waals surface area contributed by atoms with E-state index in [9.17, 15) is 4.79 Å². The molecule has 23 heavy (non-hydrogen) atoms. The number of amides is 1. The van der Waals surface area contributed by atoms with Crippen LogP contribution in [0.5, 0.6) is 11.5 Å². The average molecular weight is 397 g/mol. The number of hydrogen-bond acceptors (Lipinski definition) is 3. The molecular weight excluding hydrogens is 382 g/mol. The molecule has 0 spiro atoms. The summed E-state index contributed by atoms with van der Waals surface area (Å²) >= 11 is 9.39. The second kappa shape index (κ2) is 8.04. The summed E-state index contributed by atoms with van der Waals surface area (Å²) in [5.41, 5.74) is 1.32. The number of ether oxygens (including phenoxy) is 2. The number of carbonyl (C=O) groups is 1. The van der Waals surface area contributed by atoms with Crippen LogP contribution in [0.15, 0.2) is 46.9 Å². The van der Waals surface area contributed by atoms with Gasteiger partial charge in [0.2, 0.25) is 5.91 Å². The zero-order valence-electron chi connectivity index (χ0n) is 12.6. The van der Waals surface area contributed by atoms with Gasteiger partial charge < -0.3 is 14.8 Å². The highest BCUT2D eigenvalue weighted by Gasteiger charge is 2.05. The molecule has 2 aromatic carbocycles. The van der Waals surface area contributed by atoms with Crippen LogP contribution < -0.4 is 14.8 Å². The molecule has 0 saturated carbocycles. The van der Waals surface area contributed by atoms with Crippen LogP contribution in [0.2, 0.25) is 5.02 Å². The molecule has 0 aromatic heterocycles. The fraction of sp³-hybridized carbons (Fsp3) is 0.118. The molecule has 0 atom stereocenters. The second-order valence-corrected chi connectivity index (χ2v) is 5.88. The Morgan fingerprint density at radius 1 is 1.17 bits per heavy atom. The molecule has 0 aliphatic carbocycles. The third-order valence-corrected chi connectivity index (χ3v) is 3.85. The summed E-state index contributed by atoms with van der Waals surface area (Å²) in [7, 11) is 3.15. The van der Waals surface area contributed by atoms with Crippen LogP contribution in [0, 0.1) is 0 Å². The minimum atomic E-state index is -0.285. The number of carbonyl (C=O) groups excluding carboxylic acids is 1. The van der Waals surface area contributed by atoms with Crippen LogP contribution in [0.25, 0.3) is 6.08 Å². The van der Waals surface area contributed by atoms with Gasteiger partial charge in [-0.3, -0.25) is 4.79 Å². The number of methoxy groups -OCH3 is 2. The molecule has 2 rings (SSSR count). The highest BCUT2D eigenvalue weighted by atomic mass is 79.9. The largest absolute Gasteiger partial charge is 0.497 e. The molecule has 0 heterocycles. The molecule has 0 unspecified atom stereocenters. The van der Waals surface area contributed by atoms with Gasteiger partial charge in [0.1, 0.15) is 11.5 Å². The Morgan fingerprint density at radius 3 is 2.61 bits per heavy atom.